The van der Waals surface area contributed by atoms with E-state index in [0.29, 0.717) is 0 Å². The summed E-state index contributed by atoms with van der Waals surface area (Å²) in [6, 6.07) is 0. The summed E-state index contributed by atoms with van der Waals surface area (Å²) < 4.78 is 11.7. The standard InChI is InChI=1S/C16H29NO2/c1-2-7-17-11-14-3-4-15(14)13-5-8-19-16(10-13)6-9-18-12-16/h13-15,17H,2-12H2,1H3. The minimum Gasteiger partial charge on any atom is -0.378 e. The number of ether oxygens (including phenoxy) is 2. The van der Waals surface area contributed by atoms with Gasteiger partial charge in [0.15, 0.2) is 0 Å². The van der Waals surface area contributed by atoms with Gasteiger partial charge in [0.25, 0.3) is 0 Å². The number of nitrogens with one attached hydrogen (secondary N) is 1. The molecule has 3 heteroatoms. The molecule has 0 aromatic rings. The van der Waals surface area contributed by atoms with Gasteiger partial charge in [0.2, 0.25) is 0 Å². The van der Waals surface area contributed by atoms with E-state index in [-0.39, 0.29) is 5.60 Å². The monoisotopic (exact) mass is 267 g/mol. The SMILES string of the molecule is CCCNCC1CCC1C1CCOC2(CCOC2)C1. The first-order valence-corrected chi connectivity index (χ1v) is 8.25. The van der Waals surface area contributed by atoms with Gasteiger partial charge in [-0.3, -0.25) is 0 Å². The smallest absolute Gasteiger partial charge is 0.0939 e. The molecular weight excluding hydrogens is 238 g/mol. The van der Waals surface area contributed by atoms with Crippen LogP contribution in [-0.2, 0) is 9.47 Å². The number of rotatable bonds is 5. The van der Waals surface area contributed by atoms with Crippen LogP contribution in [0.4, 0.5) is 0 Å². The van der Waals surface area contributed by atoms with Crippen molar-refractivity contribution in [2.75, 3.05) is 32.9 Å². The van der Waals surface area contributed by atoms with Crippen molar-refractivity contribution in [2.24, 2.45) is 17.8 Å². The van der Waals surface area contributed by atoms with Crippen LogP contribution in [0.15, 0.2) is 0 Å². The summed E-state index contributed by atoms with van der Waals surface area (Å²) in [4.78, 5) is 0. The minimum atomic E-state index is 0.0971. The Morgan fingerprint density at radius 2 is 2.16 bits per heavy atom. The van der Waals surface area contributed by atoms with Crippen molar-refractivity contribution in [1.82, 2.24) is 5.32 Å². The highest BCUT2D eigenvalue weighted by molar-refractivity contribution is 4.96. The van der Waals surface area contributed by atoms with Crippen LogP contribution in [0.5, 0.6) is 0 Å². The van der Waals surface area contributed by atoms with Crippen LogP contribution in [0, 0.1) is 17.8 Å². The first kappa shape index (κ1) is 13.8. The minimum absolute atomic E-state index is 0.0971. The second-order valence-corrected chi connectivity index (χ2v) is 6.79. The molecule has 0 bridgehead atoms. The lowest BCUT2D eigenvalue weighted by Gasteiger charge is -2.47. The lowest BCUT2D eigenvalue weighted by Crippen LogP contribution is -2.47. The second kappa shape index (κ2) is 6.11. The zero-order valence-electron chi connectivity index (χ0n) is 12.3. The molecule has 3 rings (SSSR count). The molecule has 1 aliphatic carbocycles. The summed E-state index contributed by atoms with van der Waals surface area (Å²) in [6.45, 7) is 7.36. The van der Waals surface area contributed by atoms with E-state index in [1.165, 1.54) is 45.2 Å². The predicted molar refractivity (Wildman–Crippen MR) is 76.2 cm³/mol. The average molecular weight is 267 g/mol. The molecule has 3 aliphatic rings. The molecule has 0 amide bonds. The molecule has 0 aromatic carbocycles. The normalized spacial score (nSPS) is 42.5. The maximum Gasteiger partial charge on any atom is 0.0939 e. The fourth-order valence-corrected chi connectivity index (χ4v) is 4.23. The van der Waals surface area contributed by atoms with Gasteiger partial charge in [0.05, 0.1) is 12.2 Å². The van der Waals surface area contributed by atoms with Crippen LogP contribution in [0.1, 0.15) is 45.4 Å². The molecule has 0 aromatic heterocycles. The topological polar surface area (TPSA) is 30.5 Å². The highest BCUT2D eigenvalue weighted by Gasteiger charge is 2.46. The molecule has 2 heterocycles. The van der Waals surface area contributed by atoms with Crippen molar-refractivity contribution in [2.45, 2.75) is 51.0 Å². The lowest BCUT2D eigenvalue weighted by atomic mass is 9.63. The predicted octanol–water partition coefficient (Wildman–Crippen LogP) is 2.60. The molecule has 1 saturated carbocycles. The van der Waals surface area contributed by atoms with E-state index >= 15 is 0 Å². The first-order valence-electron chi connectivity index (χ1n) is 8.25. The third kappa shape index (κ3) is 2.98. The van der Waals surface area contributed by atoms with Crippen molar-refractivity contribution in [1.29, 1.82) is 0 Å². The Labute approximate surface area is 117 Å². The fraction of sp³-hybridized carbons (Fsp3) is 1.00. The first-order chi connectivity index (χ1) is 9.33. The average Bonchev–Trinajstić information content (AvgIpc) is 2.81. The van der Waals surface area contributed by atoms with Crippen LogP contribution in [0.25, 0.3) is 0 Å². The summed E-state index contributed by atoms with van der Waals surface area (Å²) in [7, 11) is 0. The van der Waals surface area contributed by atoms with E-state index in [0.717, 1.165) is 44.0 Å². The Kier molecular flexibility index (Phi) is 4.45. The Hall–Kier alpha value is -0.120. The van der Waals surface area contributed by atoms with Gasteiger partial charge < -0.3 is 14.8 Å². The van der Waals surface area contributed by atoms with Crippen LogP contribution in [-0.4, -0.2) is 38.5 Å². The van der Waals surface area contributed by atoms with Crippen LogP contribution < -0.4 is 5.32 Å². The maximum atomic E-state index is 6.07. The summed E-state index contributed by atoms with van der Waals surface area (Å²) in [5, 5.41) is 3.61. The Bertz CT molecular complexity index is 288. The molecule has 1 N–H and O–H groups in total. The van der Waals surface area contributed by atoms with Gasteiger partial charge in [-0.1, -0.05) is 6.92 Å². The van der Waals surface area contributed by atoms with Crippen molar-refractivity contribution < 1.29 is 9.47 Å². The third-order valence-electron chi connectivity index (χ3n) is 5.51. The van der Waals surface area contributed by atoms with Crippen LogP contribution in [0.3, 0.4) is 0 Å². The zero-order valence-corrected chi connectivity index (χ0v) is 12.3. The molecule has 0 radical (unpaired) electrons. The van der Waals surface area contributed by atoms with Gasteiger partial charge in [0.1, 0.15) is 0 Å². The summed E-state index contributed by atoms with van der Waals surface area (Å²) in [5.74, 6) is 2.76. The Morgan fingerprint density at radius 3 is 2.84 bits per heavy atom. The Morgan fingerprint density at radius 1 is 1.21 bits per heavy atom. The van der Waals surface area contributed by atoms with Gasteiger partial charge in [-0.05, 0) is 62.9 Å². The van der Waals surface area contributed by atoms with Crippen molar-refractivity contribution >= 4 is 0 Å². The molecule has 2 aliphatic heterocycles. The number of hydrogen-bond donors (Lipinski definition) is 1. The quantitative estimate of drug-likeness (QED) is 0.777. The van der Waals surface area contributed by atoms with E-state index in [4.69, 9.17) is 9.47 Å². The van der Waals surface area contributed by atoms with E-state index in [1.807, 2.05) is 0 Å². The van der Waals surface area contributed by atoms with Gasteiger partial charge in [0, 0.05) is 19.6 Å². The zero-order chi connectivity index (χ0) is 13.1. The molecule has 110 valence electrons. The molecule has 1 spiro atoms. The fourth-order valence-electron chi connectivity index (χ4n) is 4.23. The largest absolute Gasteiger partial charge is 0.378 e. The van der Waals surface area contributed by atoms with E-state index < -0.39 is 0 Å². The maximum absolute atomic E-state index is 6.07. The van der Waals surface area contributed by atoms with Gasteiger partial charge in [-0.25, -0.2) is 0 Å². The van der Waals surface area contributed by atoms with E-state index in [1.54, 1.807) is 0 Å². The van der Waals surface area contributed by atoms with Gasteiger partial charge >= 0.3 is 0 Å². The van der Waals surface area contributed by atoms with E-state index in [2.05, 4.69) is 12.2 Å². The van der Waals surface area contributed by atoms with Crippen LogP contribution in [0.2, 0.25) is 0 Å². The lowest BCUT2D eigenvalue weighted by molar-refractivity contribution is -0.118. The third-order valence-corrected chi connectivity index (χ3v) is 5.51. The summed E-state index contributed by atoms with van der Waals surface area (Å²) in [5.41, 5.74) is 0.0971. The van der Waals surface area contributed by atoms with Crippen molar-refractivity contribution in [3.05, 3.63) is 0 Å². The molecule has 3 nitrogen and oxygen atoms in total. The van der Waals surface area contributed by atoms with Crippen molar-refractivity contribution in [3.8, 4) is 0 Å². The van der Waals surface area contributed by atoms with Crippen molar-refractivity contribution in [3.63, 3.8) is 0 Å². The molecule has 2 saturated heterocycles. The highest BCUT2D eigenvalue weighted by atomic mass is 16.6. The van der Waals surface area contributed by atoms with Gasteiger partial charge in [-0.15, -0.1) is 0 Å². The molecule has 4 unspecified atom stereocenters. The summed E-state index contributed by atoms with van der Waals surface area (Å²) >= 11 is 0. The van der Waals surface area contributed by atoms with Gasteiger partial charge in [-0.2, -0.15) is 0 Å². The molecule has 4 atom stereocenters. The molecule has 19 heavy (non-hydrogen) atoms. The van der Waals surface area contributed by atoms with E-state index in [9.17, 15) is 0 Å². The molecule has 3 fully saturated rings. The molecular formula is C16H29NO2. The Balaban J connectivity index is 1.51. The second-order valence-electron chi connectivity index (χ2n) is 6.79. The highest BCUT2D eigenvalue weighted by Crippen LogP contribution is 2.47. The van der Waals surface area contributed by atoms with Crippen LogP contribution >= 0.6 is 0 Å². The number of hydrogen-bond acceptors (Lipinski definition) is 3. The summed E-state index contributed by atoms with van der Waals surface area (Å²) in [6.07, 6.45) is 7.77.